The van der Waals surface area contributed by atoms with Crippen molar-refractivity contribution in [2.24, 2.45) is 50.7 Å². The van der Waals surface area contributed by atoms with Crippen molar-refractivity contribution in [3.05, 3.63) is 24.3 Å². The molecule has 4 aliphatic carbocycles. The van der Waals surface area contributed by atoms with Gasteiger partial charge in [-0.15, -0.1) is 0 Å². The van der Waals surface area contributed by atoms with Gasteiger partial charge in [0, 0.05) is 16.7 Å². The third-order valence-electron chi connectivity index (χ3n) is 12.3. The van der Waals surface area contributed by atoms with Crippen LogP contribution in [0.4, 0.5) is 0 Å². The van der Waals surface area contributed by atoms with Crippen molar-refractivity contribution in [3.8, 4) is 0 Å². The molecule has 34 heavy (non-hydrogen) atoms. The molecule has 1 saturated heterocycles. The molecule has 1 aliphatic heterocycles. The number of aliphatic hydroxyl groups excluding tert-OH is 2. The molecule has 0 radical (unpaired) electrons. The quantitative estimate of drug-likeness (QED) is 0.442. The van der Waals surface area contributed by atoms with Gasteiger partial charge in [0.2, 0.25) is 0 Å². The smallest absolute Gasteiger partial charge is 0.162 e. The molecule has 3 nitrogen and oxygen atoms in total. The average Bonchev–Trinajstić information content (AvgIpc) is 3.09. The highest BCUT2D eigenvalue weighted by molar-refractivity contribution is 5.34. The Morgan fingerprint density at radius 2 is 1.71 bits per heavy atom. The maximum absolute atomic E-state index is 11.7. The zero-order valence-corrected chi connectivity index (χ0v) is 23.0. The highest BCUT2D eigenvalue weighted by Crippen LogP contribution is 2.78. The molecule has 1 heterocycles. The molecule has 4 fully saturated rings. The molecule has 6 unspecified atom stereocenters. The number of hydrogen-bond acceptors (Lipinski definition) is 3. The lowest BCUT2D eigenvalue weighted by Crippen LogP contribution is -2.65. The molecular weight excluding hydrogens is 420 g/mol. The summed E-state index contributed by atoms with van der Waals surface area (Å²) in [5.74, 6) is 2.00. The van der Waals surface area contributed by atoms with E-state index in [2.05, 4.69) is 79.7 Å². The van der Waals surface area contributed by atoms with Gasteiger partial charge >= 0.3 is 0 Å². The van der Waals surface area contributed by atoms with Crippen LogP contribution in [0.3, 0.4) is 0 Å². The van der Waals surface area contributed by atoms with Gasteiger partial charge in [-0.05, 0) is 78.9 Å². The van der Waals surface area contributed by atoms with Crippen molar-refractivity contribution >= 4 is 0 Å². The van der Waals surface area contributed by atoms with Crippen LogP contribution in [-0.2, 0) is 4.74 Å². The van der Waals surface area contributed by atoms with Crippen LogP contribution in [-0.4, -0.2) is 28.2 Å². The Labute approximate surface area is 208 Å². The van der Waals surface area contributed by atoms with Crippen molar-refractivity contribution in [3.63, 3.8) is 0 Å². The van der Waals surface area contributed by atoms with Crippen molar-refractivity contribution < 1.29 is 14.9 Å². The normalized spacial score (nSPS) is 52.4. The fourth-order valence-corrected chi connectivity index (χ4v) is 10.0. The molecule has 1 spiro atoms. The Kier molecular flexibility index (Phi) is 5.48. The van der Waals surface area contributed by atoms with Crippen molar-refractivity contribution in [2.45, 2.75) is 118 Å². The van der Waals surface area contributed by atoms with Gasteiger partial charge in [-0.2, -0.15) is 0 Å². The van der Waals surface area contributed by atoms with Gasteiger partial charge < -0.3 is 14.9 Å². The number of rotatable bonds is 3. The predicted molar refractivity (Wildman–Crippen MR) is 138 cm³/mol. The topological polar surface area (TPSA) is 49.7 Å². The SMILES string of the molecule is C[C@H](C/C=C/C(C)(C)C)C1CC[C@@]2(C)C3C=CC45OC(O)C3(CCC12C)[C@@H]4CC[C@H](O)C5(C)C. The highest BCUT2D eigenvalue weighted by Gasteiger charge is 2.78. The summed E-state index contributed by atoms with van der Waals surface area (Å²) in [5.41, 5.74) is -0.484. The van der Waals surface area contributed by atoms with E-state index >= 15 is 0 Å². The Morgan fingerprint density at radius 1 is 1.00 bits per heavy atom. The van der Waals surface area contributed by atoms with Crippen LogP contribution in [0.5, 0.6) is 0 Å². The summed E-state index contributed by atoms with van der Waals surface area (Å²) in [6.07, 6.45) is 16.1. The molecular formula is C31H50O3. The highest BCUT2D eigenvalue weighted by atomic mass is 16.6. The largest absolute Gasteiger partial charge is 0.392 e. The summed E-state index contributed by atoms with van der Waals surface area (Å²) >= 11 is 0. The van der Waals surface area contributed by atoms with E-state index < -0.39 is 23.4 Å². The maximum atomic E-state index is 11.7. The minimum absolute atomic E-state index is 0.162. The fourth-order valence-electron chi connectivity index (χ4n) is 10.0. The summed E-state index contributed by atoms with van der Waals surface area (Å²) in [5, 5.41) is 22.6. The molecule has 5 rings (SSSR count). The van der Waals surface area contributed by atoms with Crippen LogP contribution in [0.1, 0.15) is 100 Å². The van der Waals surface area contributed by atoms with Crippen molar-refractivity contribution in [1.82, 2.24) is 0 Å². The molecule has 0 aromatic rings. The van der Waals surface area contributed by atoms with Gasteiger partial charge in [0.15, 0.2) is 6.29 Å². The minimum atomic E-state index is -0.741. The Balaban J connectivity index is 1.50. The lowest BCUT2D eigenvalue weighted by Gasteiger charge is -2.65. The van der Waals surface area contributed by atoms with E-state index in [1.807, 2.05) is 0 Å². The molecule has 0 aromatic carbocycles. The van der Waals surface area contributed by atoms with Gasteiger partial charge in [0.05, 0.1) is 6.10 Å². The van der Waals surface area contributed by atoms with Crippen molar-refractivity contribution in [2.75, 3.05) is 0 Å². The second-order valence-electron chi connectivity index (χ2n) is 15.0. The zero-order valence-electron chi connectivity index (χ0n) is 23.0. The summed E-state index contributed by atoms with van der Waals surface area (Å²) in [4.78, 5) is 0. The lowest BCUT2D eigenvalue weighted by molar-refractivity contribution is -0.213. The summed E-state index contributed by atoms with van der Waals surface area (Å²) in [6, 6.07) is 0. The molecule has 192 valence electrons. The summed E-state index contributed by atoms with van der Waals surface area (Å²) in [6.45, 7) is 18.7. The van der Waals surface area contributed by atoms with E-state index in [-0.39, 0.29) is 27.6 Å². The molecule has 0 aromatic heterocycles. The number of allylic oxidation sites excluding steroid dienone is 3. The van der Waals surface area contributed by atoms with Crippen LogP contribution in [0, 0.1) is 50.7 Å². The van der Waals surface area contributed by atoms with E-state index in [4.69, 9.17) is 4.74 Å². The average molecular weight is 471 g/mol. The second-order valence-corrected chi connectivity index (χ2v) is 15.0. The predicted octanol–water partition coefficient (Wildman–Crippen LogP) is 6.89. The van der Waals surface area contributed by atoms with E-state index in [0.29, 0.717) is 17.8 Å². The standard InChI is InChI=1S/C31H50O3/c1-20(10-9-15-26(2,3)4)21-13-16-29(8)22-14-17-31-23(11-12-24(32)27(31,5)6)30(22,25(33)34-31)19-18-28(21,29)7/h9,14-15,17,20-25,32-33H,10-13,16,18-19H2,1-8H3/b15-9+/t20-,21?,22?,23+,24+,25?,28?,29+,30?,31?/m1/s1. The van der Waals surface area contributed by atoms with Gasteiger partial charge in [0.25, 0.3) is 0 Å². The van der Waals surface area contributed by atoms with E-state index in [0.717, 1.165) is 25.7 Å². The number of ether oxygens (including phenoxy) is 1. The molecule has 0 amide bonds. The summed E-state index contributed by atoms with van der Waals surface area (Å²) in [7, 11) is 0. The molecule has 2 bridgehead atoms. The van der Waals surface area contributed by atoms with E-state index in [9.17, 15) is 10.2 Å². The summed E-state index contributed by atoms with van der Waals surface area (Å²) < 4.78 is 6.61. The van der Waals surface area contributed by atoms with Crippen LogP contribution < -0.4 is 0 Å². The fraction of sp³-hybridized carbons (Fsp3) is 0.871. The Bertz CT molecular complexity index is 882. The van der Waals surface area contributed by atoms with Crippen LogP contribution >= 0.6 is 0 Å². The van der Waals surface area contributed by atoms with Gasteiger partial charge in [-0.25, -0.2) is 0 Å². The van der Waals surface area contributed by atoms with E-state index in [1.54, 1.807) is 0 Å². The van der Waals surface area contributed by atoms with Crippen molar-refractivity contribution in [1.29, 1.82) is 0 Å². The third kappa shape index (κ3) is 2.93. The van der Waals surface area contributed by atoms with E-state index in [1.165, 1.54) is 19.3 Å². The van der Waals surface area contributed by atoms with Gasteiger partial charge in [-0.1, -0.05) is 79.7 Å². The Morgan fingerprint density at radius 3 is 2.38 bits per heavy atom. The third-order valence-corrected chi connectivity index (χ3v) is 12.3. The molecule has 2 N–H and O–H groups in total. The molecule has 10 atom stereocenters. The second kappa shape index (κ2) is 7.45. The van der Waals surface area contributed by atoms with Gasteiger partial charge in [0.1, 0.15) is 5.60 Å². The zero-order chi connectivity index (χ0) is 24.9. The molecule has 5 aliphatic rings. The minimum Gasteiger partial charge on any atom is -0.392 e. The molecule has 3 saturated carbocycles. The first kappa shape index (κ1) is 25.0. The van der Waals surface area contributed by atoms with Crippen LogP contribution in [0.15, 0.2) is 24.3 Å². The first-order chi connectivity index (χ1) is 15.7. The first-order valence-electron chi connectivity index (χ1n) is 14.1. The lowest BCUT2D eigenvalue weighted by atomic mass is 9.38. The Hall–Kier alpha value is -0.640. The monoisotopic (exact) mass is 470 g/mol. The molecule has 3 heteroatoms. The number of hydrogen-bond donors (Lipinski definition) is 2. The number of fused-ring (bicyclic) bond motifs is 2. The van der Waals surface area contributed by atoms with Crippen LogP contribution in [0.2, 0.25) is 0 Å². The van der Waals surface area contributed by atoms with Crippen LogP contribution in [0.25, 0.3) is 0 Å². The number of aliphatic hydroxyl groups is 2. The first-order valence-corrected chi connectivity index (χ1v) is 14.1. The maximum Gasteiger partial charge on any atom is 0.162 e. The van der Waals surface area contributed by atoms with Gasteiger partial charge in [-0.3, -0.25) is 0 Å².